The maximum Gasteiger partial charge on any atom is 0.264 e. The van der Waals surface area contributed by atoms with Gasteiger partial charge in [0.1, 0.15) is 4.90 Å². The molecule has 1 aromatic heterocycles. The van der Waals surface area contributed by atoms with Crippen LogP contribution in [0.25, 0.3) is 0 Å². The van der Waals surface area contributed by atoms with Crippen molar-refractivity contribution in [3.8, 4) is 0 Å². The van der Waals surface area contributed by atoms with Gasteiger partial charge in [0, 0.05) is 10.7 Å². The average molecular weight is 346 g/mol. The van der Waals surface area contributed by atoms with Crippen molar-refractivity contribution in [2.24, 2.45) is 0 Å². The Bertz CT molecular complexity index is 722. The zero-order chi connectivity index (χ0) is 14.0. The molecule has 0 aliphatic rings. The fourth-order valence-corrected chi connectivity index (χ4v) is 3.14. The lowest BCUT2D eigenvalue weighted by Gasteiger charge is -2.10. The van der Waals surface area contributed by atoms with E-state index in [1.807, 2.05) is 0 Å². The van der Waals surface area contributed by atoms with Gasteiger partial charge in [-0.3, -0.25) is 9.71 Å². The predicted molar refractivity (Wildman–Crippen MR) is 73.6 cm³/mol. The molecule has 2 aromatic rings. The molecule has 8 heteroatoms. The minimum atomic E-state index is -3.96. The maximum absolute atomic E-state index is 13.4. The number of nitrogens with zero attached hydrogens (tertiary/aromatic N) is 1. The van der Waals surface area contributed by atoms with Gasteiger partial charge in [-0.15, -0.1) is 0 Å². The number of nitrogens with one attached hydrogen (secondary N) is 1. The van der Waals surface area contributed by atoms with E-state index in [9.17, 15) is 12.8 Å². The number of halogens is 2. The highest BCUT2D eigenvalue weighted by molar-refractivity contribution is 9.10. The first kappa shape index (κ1) is 13.8. The third-order valence-electron chi connectivity index (χ3n) is 2.28. The van der Waals surface area contributed by atoms with E-state index < -0.39 is 15.8 Å². The standard InChI is InChI=1S/C11H9BrFN3O2S/c12-7-1-2-9(14)11(5-7)19(17,18)16-10-3-4-15-6-8(10)13/h1-6H,14H2,(H,15,16). The van der Waals surface area contributed by atoms with E-state index in [0.717, 1.165) is 6.20 Å². The van der Waals surface area contributed by atoms with Gasteiger partial charge in [0.2, 0.25) is 0 Å². The summed E-state index contributed by atoms with van der Waals surface area (Å²) in [6.45, 7) is 0. The maximum atomic E-state index is 13.4. The van der Waals surface area contributed by atoms with Crippen LogP contribution in [0.3, 0.4) is 0 Å². The molecule has 0 radical (unpaired) electrons. The lowest BCUT2D eigenvalue weighted by molar-refractivity contribution is 0.598. The molecule has 0 unspecified atom stereocenters. The van der Waals surface area contributed by atoms with Crippen LogP contribution in [0.4, 0.5) is 15.8 Å². The monoisotopic (exact) mass is 345 g/mol. The van der Waals surface area contributed by atoms with E-state index in [0.29, 0.717) is 4.47 Å². The third kappa shape index (κ3) is 3.02. The Morgan fingerprint density at radius 3 is 2.74 bits per heavy atom. The largest absolute Gasteiger partial charge is 0.398 e. The molecule has 0 spiro atoms. The van der Waals surface area contributed by atoms with Crippen LogP contribution in [0.1, 0.15) is 0 Å². The summed E-state index contributed by atoms with van der Waals surface area (Å²) >= 11 is 3.16. The third-order valence-corrected chi connectivity index (χ3v) is 4.20. The molecule has 0 bridgehead atoms. The molecule has 0 saturated carbocycles. The molecule has 100 valence electrons. The van der Waals surface area contributed by atoms with Gasteiger partial charge in [0.25, 0.3) is 10.0 Å². The van der Waals surface area contributed by atoms with Crippen LogP contribution in [-0.4, -0.2) is 13.4 Å². The molecule has 5 nitrogen and oxygen atoms in total. The summed E-state index contributed by atoms with van der Waals surface area (Å²) in [4.78, 5) is 3.41. The molecule has 2 rings (SSSR count). The van der Waals surface area contributed by atoms with Crippen molar-refractivity contribution in [3.05, 3.63) is 46.9 Å². The number of benzene rings is 1. The van der Waals surface area contributed by atoms with Crippen molar-refractivity contribution in [1.29, 1.82) is 0 Å². The number of hydrogen-bond acceptors (Lipinski definition) is 4. The minimum Gasteiger partial charge on any atom is -0.398 e. The number of nitrogen functional groups attached to an aromatic ring is 1. The Balaban J connectivity index is 2.44. The fraction of sp³-hybridized carbons (Fsp3) is 0. The molecule has 19 heavy (non-hydrogen) atoms. The molecule has 0 aliphatic heterocycles. The summed E-state index contributed by atoms with van der Waals surface area (Å²) in [5.74, 6) is -0.764. The van der Waals surface area contributed by atoms with Gasteiger partial charge in [-0.1, -0.05) is 15.9 Å². The smallest absolute Gasteiger partial charge is 0.264 e. The highest BCUT2D eigenvalue weighted by Crippen LogP contribution is 2.25. The number of nitrogens with two attached hydrogens (primary N) is 1. The number of anilines is 2. The summed E-state index contributed by atoms with van der Waals surface area (Å²) in [6.07, 6.45) is 2.20. The van der Waals surface area contributed by atoms with Gasteiger partial charge < -0.3 is 5.73 Å². The Kier molecular flexibility index (Phi) is 3.72. The van der Waals surface area contributed by atoms with Gasteiger partial charge in [-0.2, -0.15) is 0 Å². The zero-order valence-electron chi connectivity index (χ0n) is 9.47. The van der Waals surface area contributed by atoms with Gasteiger partial charge in [0.05, 0.1) is 17.6 Å². The Hall–Kier alpha value is -1.67. The quantitative estimate of drug-likeness (QED) is 0.836. The molecule has 0 atom stereocenters. The van der Waals surface area contributed by atoms with Crippen LogP contribution in [0.2, 0.25) is 0 Å². The number of pyridine rings is 1. The molecule has 0 fully saturated rings. The summed E-state index contributed by atoms with van der Waals surface area (Å²) in [7, 11) is -3.96. The van der Waals surface area contributed by atoms with Crippen LogP contribution in [0.5, 0.6) is 0 Å². The predicted octanol–water partition coefficient (Wildman–Crippen LogP) is 2.37. The van der Waals surface area contributed by atoms with Gasteiger partial charge in [-0.25, -0.2) is 12.8 Å². The molecule has 0 amide bonds. The van der Waals surface area contributed by atoms with E-state index in [1.165, 1.54) is 24.4 Å². The summed E-state index contributed by atoms with van der Waals surface area (Å²) in [5, 5.41) is 0. The average Bonchev–Trinajstić information content (AvgIpc) is 2.35. The summed E-state index contributed by atoms with van der Waals surface area (Å²) in [6, 6.07) is 5.63. The van der Waals surface area contributed by atoms with Crippen LogP contribution >= 0.6 is 15.9 Å². The molecule has 1 aromatic carbocycles. The van der Waals surface area contributed by atoms with Gasteiger partial charge in [0.15, 0.2) is 5.82 Å². The lowest BCUT2D eigenvalue weighted by Crippen LogP contribution is -2.15. The second-order valence-corrected chi connectivity index (χ2v) is 6.21. The van der Waals surface area contributed by atoms with Crippen LogP contribution < -0.4 is 10.5 Å². The summed E-state index contributed by atoms with van der Waals surface area (Å²) in [5.41, 5.74) is 5.51. The van der Waals surface area contributed by atoms with Crippen molar-refractivity contribution < 1.29 is 12.8 Å². The molecule has 1 heterocycles. The molecular formula is C11H9BrFN3O2S. The highest BCUT2D eigenvalue weighted by atomic mass is 79.9. The molecule has 3 N–H and O–H groups in total. The Morgan fingerprint density at radius 2 is 2.05 bits per heavy atom. The normalized spacial score (nSPS) is 11.3. The second kappa shape index (κ2) is 5.14. The first-order valence-electron chi connectivity index (χ1n) is 5.07. The number of sulfonamides is 1. The number of aromatic nitrogens is 1. The lowest BCUT2D eigenvalue weighted by atomic mass is 10.3. The van der Waals surface area contributed by atoms with Crippen molar-refractivity contribution >= 4 is 37.3 Å². The number of hydrogen-bond donors (Lipinski definition) is 2. The van der Waals surface area contributed by atoms with Crippen molar-refractivity contribution in [3.63, 3.8) is 0 Å². The van der Waals surface area contributed by atoms with Crippen molar-refractivity contribution in [1.82, 2.24) is 4.98 Å². The first-order valence-corrected chi connectivity index (χ1v) is 7.35. The SMILES string of the molecule is Nc1ccc(Br)cc1S(=O)(=O)Nc1ccncc1F. The van der Waals surface area contributed by atoms with E-state index >= 15 is 0 Å². The first-order chi connectivity index (χ1) is 8.90. The minimum absolute atomic E-state index is 0.0742. The molecule has 0 aliphatic carbocycles. The van der Waals surface area contributed by atoms with Gasteiger partial charge in [-0.05, 0) is 24.3 Å². The van der Waals surface area contributed by atoms with Crippen molar-refractivity contribution in [2.75, 3.05) is 10.5 Å². The highest BCUT2D eigenvalue weighted by Gasteiger charge is 2.19. The van der Waals surface area contributed by atoms with E-state index in [1.54, 1.807) is 6.07 Å². The van der Waals surface area contributed by atoms with E-state index in [4.69, 9.17) is 5.73 Å². The van der Waals surface area contributed by atoms with Crippen molar-refractivity contribution in [2.45, 2.75) is 4.90 Å². The zero-order valence-corrected chi connectivity index (χ0v) is 11.9. The Labute approximate surface area is 117 Å². The summed E-state index contributed by atoms with van der Waals surface area (Å²) < 4.78 is 40.3. The number of rotatable bonds is 3. The fourth-order valence-electron chi connectivity index (χ4n) is 1.40. The van der Waals surface area contributed by atoms with Crippen LogP contribution in [0.15, 0.2) is 46.0 Å². The van der Waals surface area contributed by atoms with Crippen LogP contribution in [-0.2, 0) is 10.0 Å². The topological polar surface area (TPSA) is 85.1 Å². The molecule has 0 saturated heterocycles. The van der Waals surface area contributed by atoms with E-state index in [2.05, 4.69) is 25.6 Å². The van der Waals surface area contributed by atoms with Gasteiger partial charge >= 0.3 is 0 Å². The second-order valence-electron chi connectivity index (χ2n) is 3.64. The van der Waals surface area contributed by atoms with E-state index in [-0.39, 0.29) is 16.3 Å². The molecular weight excluding hydrogens is 337 g/mol. The van der Waals surface area contributed by atoms with Crippen LogP contribution in [0, 0.1) is 5.82 Å². The Morgan fingerprint density at radius 1 is 1.32 bits per heavy atom.